The lowest BCUT2D eigenvalue weighted by atomic mass is 9.79. The maximum atomic E-state index is 12.6. The first kappa shape index (κ1) is 17.2. The minimum Gasteiger partial charge on any atom is -0.352 e. The van der Waals surface area contributed by atoms with Gasteiger partial charge in [0, 0.05) is 30.6 Å². The topological polar surface area (TPSA) is 49.4 Å². The third-order valence-corrected chi connectivity index (χ3v) is 5.02. The van der Waals surface area contributed by atoms with Crippen LogP contribution in [0, 0.1) is 5.41 Å². The first-order valence-corrected chi connectivity index (χ1v) is 8.75. The van der Waals surface area contributed by atoms with Crippen LogP contribution in [0.15, 0.2) is 60.7 Å². The Hall–Kier alpha value is -2.62. The Kier molecular flexibility index (Phi) is 5.17. The van der Waals surface area contributed by atoms with Gasteiger partial charge in [-0.05, 0) is 30.5 Å². The average molecular weight is 336 g/mol. The van der Waals surface area contributed by atoms with Gasteiger partial charge in [-0.2, -0.15) is 0 Å². The molecule has 130 valence electrons. The molecular formula is C21H24N2O2. The first-order valence-electron chi connectivity index (χ1n) is 8.75. The number of carbonyl (C=O) groups is 2. The van der Waals surface area contributed by atoms with Crippen molar-refractivity contribution in [1.82, 2.24) is 10.2 Å². The molecule has 4 heteroatoms. The van der Waals surface area contributed by atoms with Gasteiger partial charge in [0.25, 0.3) is 5.91 Å². The summed E-state index contributed by atoms with van der Waals surface area (Å²) in [6, 6.07) is 19.2. The molecule has 3 rings (SSSR count). The van der Waals surface area contributed by atoms with Crippen LogP contribution in [0.1, 0.15) is 35.7 Å². The number of carbonyl (C=O) groups excluding carboxylic acids is 2. The normalized spacial score (nSPS) is 16.3. The molecule has 0 radical (unpaired) electrons. The molecule has 2 amide bonds. The van der Waals surface area contributed by atoms with Crippen molar-refractivity contribution in [3.63, 3.8) is 0 Å². The maximum absolute atomic E-state index is 12.6. The van der Waals surface area contributed by atoms with Crippen LogP contribution in [0.3, 0.4) is 0 Å². The standard InChI is InChI=1S/C21H24N2O2/c1-21(20(25)22-16-17-8-4-2-5-9-17)12-14-23(15-13-21)19(24)18-10-6-3-7-11-18/h2-11H,12-16H2,1H3,(H,22,25). The number of likely N-dealkylation sites (tertiary alicyclic amines) is 1. The largest absolute Gasteiger partial charge is 0.352 e. The van der Waals surface area contributed by atoms with E-state index in [0.717, 1.165) is 5.56 Å². The highest BCUT2D eigenvalue weighted by atomic mass is 16.2. The molecule has 0 aromatic heterocycles. The monoisotopic (exact) mass is 336 g/mol. The van der Waals surface area contributed by atoms with Gasteiger partial charge in [0.1, 0.15) is 0 Å². The molecule has 4 nitrogen and oxygen atoms in total. The van der Waals surface area contributed by atoms with E-state index in [1.54, 1.807) is 0 Å². The Morgan fingerprint density at radius 2 is 1.52 bits per heavy atom. The second kappa shape index (κ2) is 7.51. The lowest BCUT2D eigenvalue weighted by molar-refractivity contribution is -0.132. The Balaban J connectivity index is 1.55. The highest BCUT2D eigenvalue weighted by Gasteiger charge is 2.38. The molecule has 1 heterocycles. The zero-order valence-electron chi connectivity index (χ0n) is 14.6. The van der Waals surface area contributed by atoms with Crippen LogP contribution in [0.2, 0.25) is 0 Å². The summed E-state index contributed by atoms with van der Waals surface area (Å²) in [5, 5.41) is 3.04. The van der Waals surface area contributed by atoms with Gasteiger partial charge >= 0.3 is 0 Å². The summed E-state index contributed by atoms with van der Waals surface area (Å²) in [5.74, 6) is 0.121. The van der Waals surface area contributed by atoms with Crippen LogP contribution >= 0.6 is 0 Å². The van der Waals surface area contributed by atoms with E-state index >= 15 is 0 Å². The Morgan fingerprint density at radius 3 is 2.12 bits per heavy atom. The SMILES string of the molecule is CC1(C(=O)NCc2ccccc2)CCN(C(=O)c2ccccc2)CC1. The van der Waals surface area contributed by atoms with Crippen molar-refractivity contribution in [3.8, 4) is 0 Å². The number of nitrogens with zero attached hydrogens (tertiary/aromatic N) is 1. The molecule has 1 fully saturated rings. The van der Waals surface area contributed by atoms with Crippen molar-refractivity contribution in [2.24, 2.45) is 5.41 Å². The van der Waals surface area contributed by atoms with E-state index in [4.69, 9.17) is 0 Å². The molecule has 1 N–H and O–H groups in total. The summed E-state index contributed by atoms with van der Waals surface area (Å²) in [4.78, 5) is 27.0. The molecule has 1 aliphatic rings. The molecule has 0 bridgehead atoms. The fraction of sp³-hybridized carbons (Fsp3) is 0.333. The summed E-state index contributed by atoms with van der Waals surface area (Å²) >= 11 is 0. The van der Waals surface area contributed by atoms with Gasteiger partial charge in [-0.25, -0.2) is 0 Å². The summed E-state index contributed by atoms with van der Waals surface area (Å²) in [7, 11) is 0. The highest BCUT2D eigenvalue weighted by molar-refractivity contribution is 5.94. The molecule has 0 aliphatic carbocycles. The predicted octanol–water partition coefficient (Wildman–Crippen LogP) is 3.25. The van der Waals surface area contributed by atoms with Gasteiger partial charge in [-0.3, -0.25) is 9.59 Å². The number of benzene rings is 2. The second-order valence-electron chi connectivity index (χ2n) is 6.89. The number of hydrogen-bond acceptors (Lipinski definition) is 2. The average Bonchev–Trinajstić information content (AvgIpc) is 2.67. The minimum atomic E-state index is -0.414. The summed E-state index contributed by atoms with van der Waals surface area (Å²) in [5.41, 5.74) is 1.39. The zero-order valence-corrected chi connectivity index (χ0v) is 14.6. The molecule has 0 spiro atoms. The van der Waals surface area contributed by atoms with Crippen LogP contribution in [0.25, 0.3) is 0 Å². The smallest absolute Gasteiger partial charge is 0.253 e. The van der Waals surface area contributed by atoms with E-state index < -0.39 is 5.41 Å². The summed E-state index contributed by atoms with van der Waals surface area (Å²) in [6.45, 7) is 3.77. The second-order valence-corrected chi connectivity index (χ2v) is 6.89. The van der Waals surface area contributed by atoms with E-state index in [0.29, 0.717) is 38.0 Å². The van der Waals surface area contributed by atoms with Crippen LogP contribution in [0.5, 0.6) is 0 Å². The van der Waals surface area contributed by atoms with Crippen molar-refractivity contribution >= 4 is 11.8 Å². The fourth-order valence-electron chi connectivity index (χ4n) is 3.19. The number of hydrogen-bond donors (Lipinski definition) is 1. The van der Waals surface area contributed by atoms with Gasteiger partial charge < -0.3 is 10.2 Å². The number of rotatable bonds is 4. The van der Waals surface area contributed by atoms with Gasteiger partial charge in [-0.15, -0.1) is 0 Å². The van der Waals surface area contributed by atoms with Crippen molar-refractivity contribution in [1.29, 1.82) is 0 Å². The fourth-order valence-corrected chi connectivity index (χ4v) is 3.19. The first-order chi connectivity index (χ1) is 12.1. The van der Waals surface area contributed by atoms with E-state index in [1.807, 2.05) is 72.5 Å². The number of nitrogens with one attached hydrogen (secondary N) is 1. The molecule has 1 saturated heterocycles. The number of amides is 2. The van der Waals surface area contributed by atoms with Crippen molar-refractivity contribution in [2.45, 2.75) is 26.3 Å². The van der Waals surface area contributed by atoms with Crippen LogP contribution in [-0.2, 0) is 11.3 Å². The third kappa shape index (κ3) is 4.08. The number of piperidine rings is 1. The van der Waals surface area contributed by atoms with Crippen molar-refractivity contribution in [2.75, 3.05) is 13.1 Å². The van der Waals surface area contributed by atoms with Crippen LogP contribution < -0.4 is 5.32 Å². The molecule has 0 unspecified atom stereocenters. The van der Waals surface area contributed by atoms with Crippen LogP contribution in [-0.4, -0.2) is 29.8 Å². The van der Waals surface area contributed by atoms with E-state index in [2.05, 4.69) is 5.32 Å². The summed E-state index contributed by atoms with van der Waals surface area (Å²) < 4.78 is 0. The molecule has 0 saturated carbocycles. The van der Waals surface area contributed by atoms with Gasteiger partial charge in [0.15, 0.2) is 0 Å². The minimum absolute atomic E-state index is 0.0485. The molecule has 25 heavy (non-hydrogen) atoms. The van der Waals surface area contributed by atoms with E-state index in [-0.39, 0.29) is 11.8 Å². The van der Waals surface area contributed by atoms with Gasteiger partial charge in [0.2, 0.25) is 5.91 Å². The van der Waals surface area contributed by atoms with E-state index in [9.17, 15) is 9.59 Å². The molecule has 1 aliphatic heterocycles. The molecule has 2 aromatic rings. The van der Waals surface area contributed by atoms with Crippen molar-refractivity contribution in [3.05, 3.63) is 71.8 Å². The van der Waals surface area contributed by atoms with E-state index in [1.165, 1.54) is 0 Å². The summed E-state index contributed by atoms with van der Waals surface area (Å²) in [6.07, 6.45) is 1.37. The Bertz CT molecular complexity index is 720. The van der Waals surface area contributed by atoms with Gasteiger partial charge in [0.05, 0.1) is 0 Å². The highest BCUT2D eigenvalue weighted by Crippen LogP contribution is 2.31. The zero-order chi connectivity index (χ0) is 17.7. The molecule has 0 atom stereocenters. The molecular weight excluding hydrogens is 312 g/mol. The van der Waals surface area contributed by atoms with Crippen LogP contribution in [0.4, 0.5) is 0 Å². The molecule has 2 aromatic carbocycles. The Labute approximate surface area is 148 Å². The quantitative estimate of drug-likeness (QED) is 0.932. The van der Waals surface area contributed by atoms with Crippen molar-refractivity contribution < 1.29 is 9.59 Å². The predicted molar refractivity (Wildman–Crippen MR) is 98.0 cm³/mol. The third-order valence-electron chi connectivity index (χ3n) is 5.02. The maximum Gasteiger partial charge on any atom is 0.253 e. The Morgan fingerprint density at radius 1 is 0.960 bits per heavy atom. The lowest BCUT2D eigenvalue weighted by Crippen LogP contribution is -2.48. The van der Waals surface area contributed by atoms with Gasteiger partial charge in [-0.1, -0.05) is 55.5 Å². The lowest BCUT2D eigenvalue weighted by Gasteiger charge is -2.38.